The van der Waals surface area contributed by atoms with Crippen molar-refractivity contribution in [2.75, 3.05) is 13.7 Å². The first kappa shape index (κ1) is 16.1. The quantitative estimate of drug-likeness (QED) is 0.861. The Labute approximate surface area is 128 Å². The fourth-order valence-corrected chi connectivity index (χ4v) is 2.16. The van der Waals surface area contributed by atoms with Crippen molar-refractivity contribution in [1.29, 1.82) is 0 Å². The molecule has 116 valence electrons. The van der Waals surface area contributed by atoms with Crippen molar-refractivity contribution in [3.8, 4) is 0 Å². The van der Waals surface area contributed by atoms with Gasteiger partial charge in [0.2, 0.25) is 0 Å². The summed E-state index contributed by atoms with van der Waals surface area (Å²) in [5.74, 6) is -0.827. The van der Waals surface area contributed by atoms with Gasteiger partial charge in [-0.25, -0.2) is 4.39 Å². The number of hydrogen-bond acceptors (Lipinski definition) is 3. The van der Waals surface area contributed by atoms with Crippen LogP contribution >= 0.6 is 0 Å². The molecule has 0 fully saturated rings. The molecule has 2 aromatic rings. The lowest BCUT2D eigenvalue weighted by molar-refractivity contribution is 0.0909. The Morgan fingerprint density at radius 2 is 1.91 bits per heavy atom. The molecule has 5 heteroatoms. The SMILES string of the molecule is COCc1ccccc1C(=O)NC[C@@H](O)c1ccccc1F. The highest BCUT2D eigenvalue weighted by molar-refractivity contribution is 5.95. The van der Waals surface area contributed by atoms with E-state index in [1.165, 1.54) is 12.1 Å². The van der Waals surface area contributed by atoms with Crippen LogP contribution < -0.4 is 5.32 Å². The van der Waals surface area contributed by atoms with Crippen LogP contribution in [-0.2, 0) is 11.3 Å². The fourth-order valence-electron chi connectivity index (χ4n) is 2.16. The highest BCUT2D eigenvalue weighted by Gasteiger charge is 2.15. The number of benzene rings is 2. The van der Waals surface area contributed by atoms with E-state index in [4.69, 9.17) is 4.74 Å². The fraction of sp³-hybridized carbons (Fsp3) is 0.235. The van der Waals surface area contributed by atoms with Gasteiger partial charge in [-0.2, -0.15) is 0 Å². The summed E-state index contributed by atoms with van der Waals surface area (Å²) in [6.07, 6.45) is -1.10. The average Bonchev–Trinajstić information content (AvgIpc) is 2.53. The highest BCUT2D eigenvalue weighted by Crippen LogP contribution is 2.16. The predicted octanol–water partition coefficient (Wildman–Crippen LogP) is 2.44. The van der Waals surface area contributed by atoms with E-state index in [-0.39, 0.29) is 18.0 Å². The van der Waals surface area contributed by atoms with E-state index in [0.29, 0.717) is 12.2 Å². The summed E-state index contributed by atoms with van der Waals surface area (Å²) in [6, 6.07) is 13.0. The number of hydrogen-bond donors (Lipinski definition) is 2. The number of nitrogens with one attached hydrogen (secondary N) is 1. The molecule has 22 heavy (non-hydrogen) atoms. The van der Waals surface area contributed by atoms with Crippen LogP contribution in [0.2, 0.25) is 0 Å². The van der Waals surface area contributed by atoms with E-state index in [1.54, 1.807) is 37.4 Å². The molecule has 2 N–H and O–H groups in total. The predicted molar refractivity (Wildman–Crippen MR) is 80.8 cm³/mol. The third-order valence-electron chi connectivity index (χ3n) is 3.28. The van der Waals surface area contributed by atoms with Gasteiger partial charge in [0, 0.05) is 24.8 Å². The van der Waals surface area contributed by atoms with E-state index in [0.717, 1.165) is 5.56 Å². The number of carbonyl (C=O) groups is 1. The summed E-state index contributed by atoms with van der Waals surface area (Å²) in [5, 5.41) is 12.6. The van der Waals surface area contributed by atoms with Crippen molar-refractivity contribution in [3.63, 3.8) is 0 Å². The number of rotatable bonds is 6. The summed E-state index contributed by atoms with van der Waals surface area (Å²) >= 11 is 0. The molecule has 0 unspecified atom stereocenters. The zero-order valence-electron chi connectivity index (χ0n) is 12.3. The Hall–Kier alpha value is -2.24. The molecule has 2 rings (SSSR count). The smallest absolute Gasteiger partial charge is 0.251 e. The lowest BCUT2D eigenvalue weighted by Gasteiger charge is -2.14. The van der Waals surface area contributed by atoms with Gasteiger partial charge < -0.3 is 15.2 Å². The summed E-state index contributed by atoms with van der Waals surface area (Å²) in [6.45, 7) is 0.251. The summed E-state index contributed by atoms with van der Waals surface area (Å²) in [5.41, 5.74) is 1.39. The summed E-state index contributed by atoms with van der Waals surface area (Å²) in [7, 11) is 1.55. The molecule has 0 aliphatic carbocycles. The molecule has 0 saturated carbocycles. The maximum Gasteiger partial charge on any atom is 0.251 e. The topological polar surface area (TPSA) is 58.6 Å². The molecule has 1 atom stereocenters. The Morgan fingerprint density at radius 1 is 1.23 bits per heavy atom. The number of aliphatic hydroxyl groups is 1. The first-order valence-corrected chi connectivity index (χ1v) is 6.91. The minimum atomic E-state index is -1.10. The van der Waals surface area contributed by atoms with Gasteiger partial charge in [0.05, 0.1) is 12.7 Å². The van der Waals surface area contributed by atoms with Crippen molar-refractivity contribution >= 4 is 5.91 Å². The zero-order valence-corrected chi connectivity index (χ0v) is 12.3. The third-order valence-corrected chi connectivity index (χ3v) is 3.28. The van der Waals surface area contributed by atoms with Gasteiger partial charge >= 0.3 is 0 Å². The van der Waals surface area contributed by atoms with Crippen LogP contribution in [-0.4, -0.2) is 24.7 Å². The molecule has 2 aromatic carbocycles. The molecular formula is C17H18FNO3. The van der Waals surface area contributed by atoms with E-state index in [1.807, 2.05) is 6.07 Å². The molecule has 4 nitrogen and oxygen atoms in total. The van der Waals surface area contributed by atoms with Crippen molar-refractivity contribution in [2.24, 2.45) is 0 Å². The molecule has 0 saturated heterocycles. The Morgan fingerprint density at radius 3 is 2.64 bits per heavy atom. The zero-order chi connectivity index (χ0) is 15.9. The molecule has 0 radical (unpaired) electrons. The Bertz CT molecular complexity index is 645. The van der Waals surface area contributed by atoms with E-state index < -0.39 is 11.9 Å². The third kappa shape index (κ3) is 3.90. The molecular weight excluding hydrogens is 285 g/mol. The van der Waals surface area contributed by atoms with Gasteiger partial charge in [0.15, 0.2) is 0 Å². The monoisotopic (exact) mass is 303 g/mol. The van der Waals surface area contributed by atoms with Crippen molar-refractivity contribution < 1.29 is 19.0 Å². The largest absolute Gasteiger partial charge is 0.386 e. The van der Waals surface area contributed by atoms with Crippen LogP contribution in [0.4, 0.5) is 4.39 Å². The number of carbonyl (C=O) groups excluding carboxylic acids is 1. The maximum absolute atomic E-state index is 13.6. The molecule has 1 amide bonds. The summed E-state index contributed by atoms with van der Waals surface area (Å²) < 4.78 is 18.6. The first-order chi connectivity index (χ1) is 10.6. The highest BCUT2D eigenvalue weighted by atomic mass is 19.1. The molecule has 0 spiro atoms. The van der Waals surface area contributed by atoms with Gasteiger partial charge in [-0.05, 0) is 17.7 Å². The minimum absolute atomic E-state index is 0.0684. The van der Waals surface area contributed by atoms with Gasteiger partial charge in [-0.1, -0.05) is 36.4 Å². The van der Waals surface area contributed by atoms with E-state index >= 15 is 0 Å². The standard InChI is InChI=1S/C17H18FNO3/c1-22-11-12-6-2-3-7-13(12)17(21)19-10-16(20)14-8-4-5-9-15(14)18/h2-9,16,20H,10-11H2,1H3,(H,19,21)/t16-/m1/s1. The molecule has 0 aliphatic heterocycles. The van der Waals surface area contributed by atoms with Crippen LogP contribution in [0, 0.1) is 5.82 Å². The molecule has 0 aromatic heterocycles. The van der Waals surface area contributed by atoms with Crippen LogP contribution in [0.25, 0.3) is 0 Å². The number of amides is 1. The van der Waals surface area contributed by atoms with Crippen LogP contribution in [0.15, 0.2) is 48.5 Å². The van der Waals surface area contributed by atoms with Gasteiger partial charge in [-0.15, -0.1) is 0 Å². The first-order valence-electron chi connectivity index (χ1n) is 6.91. The van der Waals surface area contributed by atoms with E-state index in [2.05, 4.69) is 5.32 Å². The second-order valence-electron chi connectivity index (χ2n) is 4.84. The van der Waals surface area contributed by atoms with Gasteiger partial charge in [-0.3, -0.25) is 4.79 Å². The van der Waals surface area contributed by atoms with Crippen molar-refractivity contribution in [2.45, 2.75) is 12.7 Å². The summed E-state index contributed by atoms with van der Waals surface area (Å²) in [4.78, 5) is 12.2. The molecule has 0 heterocycles. The minimum Gasteiger partial charge on any atom is -0.386 e. The van der Waals surface area contributed by atoms with Crippen LogP contribution in [0.3, 0.4) is 0 Å². The normalized spacial score (nSPS) is 12.0. The van der Waals surface area contributed by atoms with Crippen molar-refractivity contribution in [1.82, 2.24) is 5.32 Å². The van der Waals surface area contributed by atoms with E-state index in [9.17, 15) is 14.3 Å². The molecule has 0 bridgehead atoms. The van der Waals surface area contributed by atoms with Crippen molar-refractivity contribution in [3.05, 3.63) is 71.0 Å². The maximum atomic E-state index is 13.6. The van der Waals surface area contributed by atoms with Crippen LogP contribution in [0.1, 0.15) is 27.6 Å². The average molecular weight is 303 g/mol. The lowest BCUT2D eigenvalue weighted by Crippen LogP contribution is -2.29. The Kier molecular flexibility index (Phi) is 5.63. The number of aliphatic hydroxyl groups excluding tert-OH is 1. The van der Waals surface area contributed by atoms with Crippen LogP contribution in [0.5, 0.6) is 0 Å². The molecule has 0 aliphatic rings. The van der Waals surface area contributed by atoms with Gasteiger partial charge in [0.1, 0.15) is 5.82 Å². The number of methoxy groups -OCH3 is 1. The number of halogens is 1. The number of ether oxygens (including phenoxy) is 1. The van der Waals surface area contributed by atoms with Gasteiger partial charge in [0.25, 0.3) is 5.91 Å². The lowest BCUT2D eigenvalue weighted by atomic mass is 10.1. The Balaban J connectivity index is 2.03. The second kappa shape index (κ2) is 7.68. The second-order valence-corrected chi connectivity index (χ2v) is 4.84.